The van der Waals surface area contributed by atoms with Crippen LogP contribution >= 0.6 is 0 Å². The second-order valence-corrected chi connectivity index (χ2v) is 11.6. The molecule has 2 aromatic heterocycles. The number of aryl methyl sites for hydroxylation is 1. The van der Waals surface area contributed by atoms with E-state index in [4.69, 9.17) is 4.42 Å². The fourth-order valence-electron chi connectivity index (χ4n) is 4.70. The molecule has 38 heavy (non-hydrogen) atoms. The van der Waals surface area contributed by atoms with Crippen molar-refractivity contribution in [2.75, 3.05) is 13.1 Å². The highest BCUT2D eigenvalue weighted by Crippen LogP contribution is 2.25. The lowest BCUT2D eigenvalue weighted by Gasteiger charge is -2.28. The maximum Gasteiger partial charge on any atom is 0.287 e. The second kappa shape index (κ2) is 11.6. The number of rotatable bonds is 8. The molecule has 1 fully saturated rings. The van der Waals surface area contributed by atoms with Crippen LogP contribution in [0, 0.1) is 12.8 Å². The van der Waals surface area contributed by atoms with Crippen molar-refractivity contribution < 1.29 is 27.5 Å². The summed E-state index contributed by atoms with van der Waals surface area (Å²) in [5.74, 6) is -0.982. The van der Waals surface area contributed by atoms with Gasteiger partial charge < -0.3 is 20.2 Å². The third-order valence-corrected chi connectivity index (χ3v) is 8.96. The number of furan rings is 1. The van der Waals surface area contributed by atoms with Gasteiger partial charge in [0.2, 0.25) is 5.91 Å². The van der Waals surface area contributed by atoms with Crippen LogP contribution in [0.5, 0.6) is 0 Å². The van der Waals surface area contributed by atoms with Crippen molar-refractivity contribution in [2.24, 2.45) is 5.92 Å². The zero-order chi connectivity index (χ0) is 27.4. The molecular formula is C27H34N4O6S. The zero-order valence-corrected chi connectivity index (χ0v) is 22.6. The summed E-state index contributed by atoms with van der Waals surface area (Å²) >= 11 is 0. The number of hydrogen-bond donors (Lipinski definition) is 3. The van der Waals surface area contributed by atoms with Crippen LogP contribution in [0.3, 0.4) is 0 Å². The molecule has 1 aromatic carbocycles. The number of amides is 2. The largest absolute Gasteiger partial charge is 0.451 e. The van der Waals surface area contributed by atoms with E-state index in [1.54, 1.807) is 25.1 Å². The van der Waals surface area contributed by atoms with E-state index in [1.807, 2.05) is 32.0 Å². The van der Waals surface area contributed by atoms with Gasteiger partial charge in [0.15, 0.2) is 10.8 Å². The van der Waals surface area contributed by atoms with Crippen molar-refractivity contribution in [1.82, 2.24) is 19.9 Å². The van der Waals surface area contributed by atoms with Crippen LogP contribution in [0.15, 0.2) is 58.1 Å². The number of nitrogens with one attached hydrogen (secondary N) is 2. The summed E-state index contributed by atoms with van der Waals surface area (Å²) in [7, 11) is -3.88. The normalized spacial score (nSPS) is 20.4. The van der Waals surface area contributed by atoms with Crippen LogP contribution in [0.1, 0.15) is 49.2 Å². The summed E-state index contributed by atoms with van der Waals surface area (Å²) in [4.78, 5) is 30.5. The number of sulfonamides is 1. The Balaban J connectivity index is 1.47. The summed E-state index contributed by atoms with van der Waals surface area (Å²) in [6, 6.07) is 10.4. The quantitative estimate of drug-likeness (QED) is 0.397. The highest BCUT2D eigenvalue weighted by Gasteiger charge is 2.36. The Kier molecular flexibility index (Phi) is 8.49. The lowest BCUT2D eigenvalue weighted by atomic mass is 9.97. The molecule has 0 saturated carbocycles. The number of aromatic nitrogens is 1. The number of para-hydroxylation sites is 1. The first kappa shape index (κ1) is 27.7. The summed E-state index contributed by atoms with van der Waals surface area (Å²) < 4.78 is 33.0. The van der Waals surface area contributed by atoms with E-state index in [0.717, 1.165) is 5.39 Å². The number of β-amino-alcohol motifs (C(OH)–C–C–N with tert-alkyl or cyclic N) is 1. The molecule has 1 saturated heterocycles. The van der Waals surface area contributed by atoms with E-state index in [-0.39, 0.29) is 29.8 Å². The van der Waals surface area contributed by atoms with Gasteiger partial charge in [0, 0.05) is 30.2 Å². The topological polar surface area (TPSA) is 142 Å². The maximum absolute atomic E-state index is 13.4. The number of aliphatic hydroxyl groups excluding tert-OH is 1. The van der Waals surface area contributed by atoms with Crippen molar-refractivity contribution in [3.05, 3.63) is 60.0 Å². The molecule has 4 rings (SSSR count). The van der Waals surface area contributed by atoms with Crippen LogP contribution < -0.4 is 10.6 Å². The van der Waals surface area contributed by atoms with Gasteiger partial charge in [0.1, 0.15) is 11.6 Å². The monoisotopic (exact) mass is 542 g/mol. The van der Waals surface area contributed by atoms with E-state index in [1.165, 1.54) is 16.6 Å². The van der Waals surface area contributed by atoms with Gasteiger partial charge in [0.05, 0.1) is 12.1 Å². The second-order valence-electron chi connectivity index (χ2n) is 9.74. The number of carbonyl (C=O) groups excluding carboxylic acids is 2. The van der Waals surface area contributed by atoms with Crippen molar-refractivity contribution in [2.45, 2.75) is 63.2 Å². The molecule has 0 aliphatic carbocycles. The number of nitrogens with zero attached hydrogens (tertiary/aromatic N) is 2. The summed E-state index contributed by atoms with van der Waals surface area (Å²) in [6.45, 7) is 5.60. The Morgan fingerprint density at radius 1 is 1.21 bits per heavy atom. The molecule has 2 amide bonds. The van der Waals surface area contributed by atoms with Crippen LogP contribution in [0.2, 0.25) is 0 Å². The smallest absolute Gasteiger partial charge is 0.287 e. The van der Waals surface area contributed by atoms with Gasteiger partial charge in [-0.15, -0.1) is 0 Å². The summed E-state index contributed by atoms with van der Waals surface area (Å²) in [5.41, 5.74) is 1.28. The molecule has 3 heterocycles. The molecule has 1 aliphatic heterocycles. The molecular weight excluding hydrogens is 508 g/mol. The SMILES string of the molecule is CC[C@@H](C)[C@H](NC(=O)c1oc2ccccc2c1C)C(=O)NC1CCCN(S(=O)(=O)c2ccccn2)CC1O. The minimum Gasteiger partial charge on any atom is -0.451 e. The third kappa shape index (κ3) is 5.74. The average molecular weight is 543 g/mol. The Morgan fingerprint density at radius 3 is 2.63 bits per heavy atom. The van der Waals surface area contributed by atoms with Gasteiger partial charge in [-0.2, -0.15) is 4.31 Å². The van der Waals surface area contributed by atoms with Gasteiger partial charge in [0.25, 0.3) is 15.9 Å². The Morgan fingerprint density at radius 2 is 1.95 bits per heavy atom. The molecule has 3 aromatic rings. The first-order valence-electron chi connectivity index (χ1n) is 12.8. The molecule has 1 aliphatic rings. The molecule has 4 atom stereocenters. The Bertz CT molecular complexity index is 1390. The number of fused-ring (bicyclic) bond motifs is 1. The van der Waals surface area contributed by atoms with Crippen molar-refractivity contribution >= 4 is 32.8 Å². The number of benzene rings is 1. The number of carbonyl (C=O) groups is 2. The predicted octanol–water partition coefficient (Wildman–Crippen LogP) is 2.61. The Hall–Kier alpha value is -3.28. The summed E-state index contributed by atoms with van der Waals surface area (Å²) in [6.07, 6.45) is 1.71. The minimum absolute atomic E-state index is 0.0879. The van der Waals surface area contributed by atoms with Crippen LogP contribution in [-0.4, -0.2) is 65.9 Å². The minimum atomic E-state index is -3.88. The molecule has 204 valence electrons. The van der Waals surface area contributed by atoms with Crippen LogP contribution in [0.25, 0.3) is 11.0 Å². The lowest BCUT2D eigenvalue weighted by Crippen LogP contribution is -2.55. The fraction of sp³-hybridized carbons (Fsp3) is 0.444. The zero-order valence-electron chi connectivity index (χ0n) is 21.8. The van der Waals surface area contributed by atoms with E-state index in [0.29, 0.717) is 30.4 Å². The standard InChI is InChI=1S/C27H34N4O6S/c1-4-17(2)24(30-27(34)25-18(3)19-10-5-6-12-22(19)37-25)26(33)29-20-11-9-15-31(16-21(20)32)38(35,36)23-13-7-8-14-28-23/h5-8,10,12-14,17,20-21,24,32H,4,9,11,15-16H2,1-3H3,(H,29,33)(H,30,34)/t17-,20?,21?,24+/m1/s1. The molecule has 0 bridgehead atoms. The molecule has 2 unspecified atom stereocenters. The van der Waals surface area contributed by atoms with Gasteiger partial charge in [-0.1, -0.05) is 44.5 Å². The first-order chi connectivity index (χ1) is 18.1. The first-order valence-corrected chi connectivity index (χ1v) is 14.3. The van der Waals surface area contributed by atoms with E-state index in [2.05, 4.69) is 15.6 Å². The number of aliphatic hydroxyl groups is 1. The van der Waals surface area contributed by atoms with Gasteiger partial charge in [-0.05, 0) is 43.9 Å². The summed E-state index contributed by atoms with van der Waals surface area (Å²) in [5, 5.41) is 17.3. The van der Waals surface area contributed by atoms with Crippen LogP contribution in [-0.2, 0) is 14.8 Å². The molecule has 11 heteroatoms. The van der Waals surface area contributed by atoms with E-state index < -0.39 is 40.0 Å². The molecule has 0 spiro atoms. The fourth-order valence-corrected chi connectivity index (χ4v) is 6.13. The van der Waals surface area contributed by atoms with Crippen molar-refractivity contribution in [3.8, 4) is 0 Å². The maximum atomic E-state index is 13.4. The lowest BCUT2D eigenvalue weighted by molar-refractivity contribution is -0.125. The molecule has 10 nitrogen and oxygen atoms in total. The highest BCUT2D eigenvalue weighted by atomic mass is 32.2. The van der Waals surface area contributed by atoms with Gasteiger partial charge in [-0.3, -0.25) is 9.59 Å². The highest BCUT2D eigenvalue weighted by molar-refractivity contribution is 7.89. The van der Waals surface area contributed by atoms with E-state index >= 15 is 0 Å². The van der Waals surface area contributed by atoms with Crippen molar-refractivity contribution in [1.29, 1.82) is 0 Å². The van der Waals surface area contributed by atoms with Crippen LogP contribution in [0.4, 0.5) is 0 Å². The van der Waals surface area contributed by atoms with Gasteiger partial charge in [-0.25, -0.2) is 13.4 Å². The van der Waals surface area contributed by atoms with Crippen molar-refractivity contribution in [3.63, 3.8) is 0 Å². The van der Waals surface area contributed by atoms with E-state index in [9.17, 15) is 23.1 Å². The molecule has 0 radical (unpaired) electrons. The van der Waals surface area contributed by atoms with Gasteiger partial charge >= 0.3 is 0 Å². The number of pyridine rings is 1. The average Bonchev–Trinajstić information content (AvgIpc) is 3.14. The molecule has 3 N–H and O–H groups in total. The third-order valence-electron chi connectivity index (χ3n) is 7.18. The Labute approximate surface area is 222 Å². The number of hydrogen-bond acceptors (Lipinski definition) is 7. The predicted molar refractivity (Wildman–Crippen MR) is 142 cm³/mol.